The molecule has 5 heteroatoms. The highest BCUT2D eigenvalue weighted by Gasteiger charge is 2.36. The molecule has 0 spiro atoms. The van der Waals surface area contributed by atoms with Crippen LogP contribution in [0.1, 0.15) is 29.8 Å². The monoisotopic (exact) mass is 365 g/mol. The maximum absolute atomic E-state index is 12.8. The molecule has 4 heterocycles. The number of amides is 1. The smallest absolute Gasteiger partial charge is 0.272 e. The molecule has 0 unspecified atom stereocenters. The largest absolute Gasteiger partial charge is 0.494 e. The van der Waals surface area contributed by atoms with Gasteiger partial charge in [-0.15, -0.1) is 0 Å². The van der Waals surface area contributed by atoms with E-state index in [4.69, 9.17) is 4.74 Å². The molecule has 0 saturated carbocycles. The number of nitrogens with zero attached hydrogens (tertiary/aromatic N) is 3. The highest BCUT2D eigenvalue weighted by Crippen LogP contribution is 2.28. The molecule has 3 aliphatic heterocycles. The van der Waals surface area contributed by atoms with E-state index in [0.717, 1.165) is 45.0 Å². The number of rotatable bonds is 6. The summed E-state index contributed by atoms with van der Waals surface area (Å²) >= 11 is 0. The first-order chi connectivity index (χ1) is 13.3. The molecule has 1 aromatic carbocycles. The number of carbonyl (C=O) groups excluding carboxylic acids is 1. The molecule has 1 aromatic heterocycles. The summed E-state index contributed by atoms with van der Waals surface area (Å²) in [4.78, 5) is 21.6. The van der Waals surface area contributed by atoms with Crippen LogP contribution in [0, 0.1) is 5.92 Å². The van der Waals surface area contributed by atoms with Crippen LogP contribution >= 0.6 is 0 Å². The molecule has 27 heavy (non-hydrogen) atoms. The minimum absolute atomic E-state index is 0.0711. The van der Waals surface area contributed by atoms with Gasteiger partial charge in [0.1, 0.15) is 11.4 Å². The van der Waals surface area contributed by atoms with Gasteiger partial charge >= 0.3 is 0 Å². The van der Waals surface area contributed by atoms with Gasteiger partial charge in [-0.05, 0) is 49.4 Å². The molecule has 3 fully saturated rings. The lowest BCUT2D eigenvalue weighted by Gasteiger charge is -2.35. The van der Waals surface area contributed by atoms with Gasteiger partial charge in [0.15, 0.2) is 0 Å². The maximum atomic E-state index is 12.8. The zero-order valence-electron chi connectivity index (χ0n) is 15.7. The molecular formula is C22H27N3O2. The standard InChI is InChI=1S/C22H27N3O2/c26-22(21-9-4-5-12-23-21)25-16-18-10-11-19(17-25)24(15-18)13-6-14-27-20-7-2-1-3-8-20/h1-5,7-9,12,18-19H,6,10-11,13-17H2/t18-,19-/m1/s1. The van der Waals surface area contributed by atoms with Gasteiger partial charge in [-0.1, -0.05) is 24.3 Å². The first kappa shape index (κ1) is 18.0. The Morgan fingerprint density at radius 1 is 1.04 bits per heavy atom. The lowest BCUT2D eigenvalue weighted by atomic mass is 9.95. The molecule has 5 nitrogen and oxygen atoms in total. The number of benzene rings is 1. The Hall–Kier alpha value is -2.40. The fourth-order valence-corrected chi connectivity index (χ4v) is 4.24. The van der Waals surface area contributed by atoms with E-state index in [1.54, 1.807) is 6.20 Å². The van der Waals surface area contributed by atoms with Crippen LogP contribution in [-0.4, -0.2) is 59.5 Å². The average molecular weight is 365 g/mol. The molecule has 2 aromatic rings. The molecule has 0 N–H and O–H groups in total. The summed E-state index contributed by atoms with van der Waals surface area (Å²) in [6.45, 7) is 4.50. The van der Waals surface area contributed by atoms with E-state index in [0.29, 0.717) is 17.7 Å². The summed E-state index contributed by atoms with van der Waals surface area (Å²) in [5, 5.41) is 0. The normalized spacial score (nSPS) is 22.4. The van der Waals surface area contributed by atoms with E-state index >= 15 is 0 Å². The van der Waals surface area contributed by atoms with Crippen molar-refractivity contribution < 1.29 is 9.53 Å². The Kier molecular flexibility index (Phi) is 5.68. The van der Waals surface area contributed by atoms with Crippen LogP contribution in [-0.2, 0) is 0 Å². The minimum atomic E-state index is 0.0711. The number of piperidine rings is 1. The van der Waals surface area contributed by atoms with Crippen LogP contribution in [0.25, 0.3) is 0 Å². The number of ether oxygens (including phenoxy) is 1. The molecule has 5 rings (SSSR count). The number of aromatic nitrogens is 1. The second-order valence-corrected chi connectivity index (χ2v) is 7.53. The third-order valence-corrected chi connectivity index (χ3v) is 5.60. The summed E-state index contributed by atoms with van der Waals surface area (Å²) in [6.07, 6.45) is 5.09. The molecule has 0 radical (unpaired) electrons. The average Bonchev–Trinajstić information content (AvgIpc) is 3.04. The van der Waals surface area contributed by atoms with Crippen molar-refractivity contribution in [1.29, 1.82) is 0 Å². The summed E-state index contributed by atoms with van der Waals surface area (Å²) in [6, 6.07) is 16.0. The van der Waals surface area contributed by atoms with E-state index in [1.165, 1.54) is 12.8 Å². The summed E-state index contributed by atoms with van der Waals surface area (Å²) in [5.74, 6) is 1.57. The zero-order valence-corrected chi connectivity index (χ0v) is 15.7. The Labute approximate surface area is 161 Å². The topological polar surface area (TPSA) is 45.7 Å². The highest BCUT2D eigenvalue weighted by molar-refractivity contribution is 5.92. The SMILES string of the molecule is O=C(c1ccccn1)N1C[C@@H]2CC[C@H](C1)N(CCCOc1ccccc1)C2. The Morgan fingerprint density at radius 2 is 1.89 bits per heavy atom. The molecule has 1 amide bonds. The first-order valence-corrected chi connectivity index (χ1v) is 9.92. The number of pyridine rings is 1. The Bertz CT molecular complexity index is 738. The Morgan fingerprint density at radius 3 is 2.70 bits per heavy atom. The maximum Gasteiger partial charge on any atom is 0.272 e. The third kappa shape index (κ3) is 4.48. The summed E-state index contributed by atoms with van der Waals surface area (Å²) < 4.78 is 5.83. The molecule has 2 bridgehead atoms. The fraction of sp³-hybridized carbons (Fsp3) is 0.455. The number of para-hydroxylation sites is 1. The quantitative estimate of drug-likeness (QED) is 0.738. The minimum Gasteiger partial charge on any atom is -0.494 e. The molecule has 3 saturated heterocycles. The summed E-state index contributed by atoms with van der Waals surface area (Å²) in [7, 11) is 0. The van der Waals surface area contributed by atoms with Crippen LogP contribution in [0.15, 0.2) is 54.7 Å². The van der Waals surface area contributed by atoms with Crippen molar-refractivity contribution in [3.8, 4) is 5.75 Å². The molecule has 3 aliphatic rings. The van der Waals surface area contributed by atoms with Crippen molar-refractivity contribution in [3.05, 3.63) is 60.4 Å². The molecular weight excluding hydrogens is 338 g/mol. The van der Waals surface area contributed by atoms with Crippen molar-refractivity contribution in [2.75, 3.05) is 32.8 Å². The van der Waals surface area contributed by atoms with Crippen molar-refractivity contribution in [3.63, 3.8) is 0 Å². The van der Waals surface area contributed by atoms with E-state index in [-0.39, 0.29) is 5.91 Å². The summed E-state index contributed by atoms with van der Waals surface area (Å²) in [5.41, 5.74) is 0.557. The number of hydrogen-bond donors (Lipinski definition) is 0. The fourth-order valence-electron chi connectivity index (χ4n) is 4.24. The van der Waals surface area contributed by atoms with E-state index in [2.05, 4.69) is 9.88 Å². The number of fused-ring (bicyclic) bond motifs is 4. The van der Waals surface area contributed by atoms with Gasteiger partial charge in [0.05, 0.1) is 6.61 Å². The zero-order chi connectivity index (χ0) is 18.5. The predicted octanol–water partition coefficient (Wildman–Crippen LogP) is 3.09. The van der Waals surface area contributed by atoms with Gasteiger partial charge in [-0.25, -0.2) is 0 Å². The van der Waals surface area contributed by atoms with Gasteiger partial charge in [-0.3, -0.25) is 14.7 Å². The number of hydrogen-bond acceptors (Lipinski definition) is 4. The van der Waals surface area contributed by atoms with Crippen molar-refractivity contribution in [1.82, 2.24) is 14.8 Å². The highest BCUT2D eigenvalue weighted by atomic mass is 16.5. The van der Waals surface area contributed by atoms with E-state index < -0.39 is 0 Å². The molecule has 142 valence electrons. The number of carbonyl (C=O) groups is 1. The van der Waals surface area contributed by atoms with Crippen LogP contribution in [0.5, 0.6) is 5.75 Å². The van der Waals surface area contributed by atoms with Gasteiger partial charge in [0.2, 0.25) is 0 Å². The van der Waals surface area contributed by atoms with Crippen molar-refractivity contribution >= 4 is 5.91 Å². The van der Waals surface area contributed by atoms with Crippen LogP contribution in [0.4, 0.5) is 0 Å². The van der Waals surface area contributed by atoms with Gasteiger partial charge in [-0.2, -0.15) is 0 Å². The molecule has 2 atom stereocenters. The van der Waals surface area contributed by atoms with E-state index in [1.807, 2.05) is 53.4 Å². The van der Waals surface area contributed by atoms with Crippen molar-refractivity contribution in [2.45, 2.75) is 25.3 Å². The van der Waals surface area contributed by atoms with Crippen LogP contribution in [0.2, 0.25) is 0 Å². The first-order valence-electron chi connectivity index (χ1n) is 9.92. The second kappa shape index (κ2) is 8.53. The van der Waals surface area contributed by atoms with Gasteiger partial charge in [0, 0.05) is 38.4 Å². The van der Waals surface area contributed by atoms with Crippen LogP contribution in [0.3, 0.4) is 0 Å². The lowest BCUT2D eigenvalue weighted by molar-refractivity contribution is 0.0730. The van der Waals surface area contributed by atoms with Gasteiger partial charge < -0.3 is 9.64 Å². The van der Waals surface area contributed by atoms with Gasteiger partial charge in [0.25, 0.3) is 5.91 Å². The second-order valence-electron chi connectivity index (χ2n) is 7.53. The molecule has 0 aliphatic carbocycles. The third-order valence-electron chi connectivity index (χ3n) is 5.60. The van der Waals surface area contributed by atoms with Crippen molar-refractivity contribution in [2.24, 2.45) is 5.92 Å². The lowest BCUT2D eigenvalue weighted by Crippen LogP contribution is -2.45. The Balaban J connectivity index is 1.31. The van der Waals surface area contributed by atoms with Crippen LogP contribution < -0.4 is 4.74 Å². The predicted molar refractivity (Wildman–Crippen MR) is 105 cm³/mol. The van der Waals surface area contributed by atoms with E-state index in [9.17, 15) is 4.79 Å².